The molecule has 0 amide bonds. The Morgan fingerprint density at radius 2 is 1.74 bits per heavy atom. The zero-order valence-corrected chi connectivity index (χ0v) is 10.6. The number of hydrogen-bond acceptors (Lipinski definition) is 3. The monoisotopic (exact) mass is 352 g/mol. The minimum Gasteiger partial charge on any atom is -0.454 e. The number of nitrogens with two attached hydrogens (primary N) is 1. The molecule has 1 aromatic rings. The molecule has 0 aliphatic carbocycles. The Morgan fingerprint density at radius 3 is 2.16 bits per heavy atom. The quantitative estimate of drug-likeness (QED) is 0.850. The number of nitrogens with zero attached hydrogens (tertiary/aromatic N) is 1. The molecule has 0 unspecified atom stereocenters. The molecule has 1 heterocycles. The van der Waals surface area contributed by atoms with Gasteiger partial charge >= 0.3 is 12.4 Å². The van der Waals surface area contributed by atoms with Crippen LogP contribution in [-0.4, -0.2) is 23.4 Å². The SMILES string of the molecule is NCc1cc(Br)cnc1OC(C(F)(F)F)C(F)(F)F. The van der Waals surface area contributed by atoms with Gasteiger partial charge in [-0.05, 0) is 22.0 Å². The Bertz CT molecular complexity index is 433. The summed E-state index contributed by atoms with van der Waals surface area (Å²) >= 11 is 2.96. The molecule has 1 aromatic heterocycles. The average Bonchev–Trinajstić information content (AvgIpc) is 2.23. The van der Waals surface area contributed by atoms with Gasteiger partial charge in [0.05, 0.1) is 0 Å². The molecule has 0 radical (unpaired) electrons. The lowest BCUT2D eigenvalue weighted by molar-refractivity contribution is -0.300. The van der Waals surface area contributed by atoms with Gasteiger partial charge < -0.3 is 10.5 Å². The highest BCUT2D eigenvalue weighted by atomic mass is 79.9. The maximum absolute atomic E-state index is 12.3. The summed E-state index contributed by atoms with van der Waals surface area (Å²) < 4.78 is 78.1. The number of rotatable bonds is 3. The second-order valence-electron chi connectivity index (χ2n) is 3.40. The van der Waals surface area contributed by atoms with E-state index in [2.05, 4.69) is 25.7 Å². The topological polar surface area (TPSA) is 48.1 Å². The van der Waals surface area contributed by atoms with E-state index in [9.17, 15) is 26.3 Å². The van der Waals surface area contributed by atoms with E-state index in [1.165, 1.54) is 6.07 Å². The predicted octanol–water partition coefficient (Wildman–Crippen LogP) is 3.17. The van der Waals surface area contributed by atoms with Crippen molar-refractivity contribution in [1.29, 1.82) is 0 Å². The summed E-state index contributed by atoms with van der Waals surface area (Å²) in [5.74, 6) is -0.801. The fraction of sp³-hybridized carbons (Fsp3) is 0.444. The molecule has 0 saturated heterocycles. The van der Waals surface area contributed by atoms with Crippen LogP contribution in [0.2, 0.25) is 0 Å². The molecule has 1 rings (SSSR count). The molecule has 0 aromatic carbocycles. The maximum atomic E-state index is 12.3. The number of alkyl halides is 6. The van der Waals surface area contributed by atoms with Crippen molar-refractivity contribution in [1.82, 2.24) is 4.98 Å². The molecule has 108 valence electrons. The first-order valence-electron chi connectivity index (χ1n) is 4.70. The predicted molar refractivity (Wildman–Crippen MR) is 56.4 cm³/mol. The van der Waals surface area contributed by atoms with Crippen molar-refractivity contribution in [3.8, 4) is 5.88 Å². The number of ether oxygens (including phenoxy) is 1. The van der Waals surface area contributed by atoms with E-state index in [1.54, 1.807) is 0 Å². The third-order valence-electron chi connectivity index (χ3n) is 1.94. The number of halogens is 7. The van der Waals surface area contributed by atoms with Gasteiger partial charge in [-0.25, -0.2) is 4.98 Å². The van der Waals surface area contributed by atoms with Crippen molar-refractivity contribution in [2.75, 3.05) is 0 Å². The normalized spacial score (nSPS) is 12.9. The summed E-state index contributed by atoms with van der Waals surface area (Å²) in [5, 5.41) is 0. The van der Waals surface area contributed by atoms with Crippen LogP contribution in [0.3, 0.4) is 0 Å². The lowest BCUT2D eigenvalue weighted by Gasteiger charge is -2.24. The summed E-state index contributed by atoms with van der Waals surface area (Å²) in [4.78, 5) is 3.37. The van der Waals surface area contributed by atoms with E-state index < -0.39 is 24.3 Å². The molecule has 0 aliphatic rings. The minimum absolute atomic E-state index is 0.0760. The van der Waals surface area contributed by atoms with E-state index >= 15 is 0 Å². The van der Waals surface area contributed by atoms with Gasteiger partial charge in [0.25, 0.3) is 6.10 Å². The molecule has 0 bridgehead atoms. The molecular formula is C9H7BrF6N2O. The Hall–Kier alpha value is -1.03. The number of pyridine rings is 1. The van der Waals surface area contributed by atoms with Gasteiger partial charge in [0.15, 0.2) is 0 Å². The highest BCUT2D eigenvalue weighted by molar-refractivity contribution is 9.10. The highest BCUT2D eigenvalue weighted by Gasteiger charge is 2.59. The van der Waals surface area contributed by atoms with Crippen LogP contribution in [0.5, 0.6) is 5.88 Å². The second kappa shape index (κ2) is 5.53. The van der Waals surface area contributed by atoms with Gasteiger partial charge in [-0.2, -0.15) is 26.3 Å². The fourth-order valence-electron chi connectivity index (χ4n) is 1.15. The van der Waals surface area contributed by atoms with E-state index in [4.69, 9.17) is 5.73 Å². The number of aromatic nitrogens is 1. The third-order valence-corrected chi connectivity index (χ3v) is 2.37. The fourth-order valence-corrected chi connectivity index (χ4v) is 1.53. The van der Waals surface area contributed by atoms with Crippen LogP contribution < -0.4 is 10.5 Å². The lowest BCUT2D eigenvalue weighted by atomic mass is 10.2. The van der Waals surface area contributed by atoms with Crippen LogP contribution in [0.25, 0.3) is 0 Å². The van der Waals surface area contributed by atoms with Crippen LogP contribution in [0.15, 0.2) is 16.7 Å². The molecule has 2 N–H and O–H groups in total. The zero-order chi connectivity index (χ0) is 14.8. The van der Waals surface area contributed by atoms with Crippen LogP contribution in [-0.2, 0) is 6.54 Å². The van der Waals surface area contributed by atoms with Crippen molar-refractivity contribution < 1.29 is 31.1 Å². The molecule has 19 heavy (non-hydrogen) atoms. The van der Waals surface area contributed by atoms with Gasteiger partial charge in [0.1, 0.15) is 0 Å². The summed E-state index contributed by atoms with van der Waals surface area (Å²) in [5.41, 5.74) is 5.13. The lowest BCUT2D eigenvalue weighted by Crippen LogP contribution is -2.46. The molecule has 0 atom stereocenters. The van der Waals surface area contributed by atoms with Crippen LogP contribution in [0.4, 0.5) is 26.3 Å². The van der Waals surface area contributed by atoms with Crippen LogP contribution in [0, 0.1) is 0 Å². The third kappa shape index (κ3) is 4.23. The van der Waals surface area contributed by atoms with Gasteiger partial charge in [-0.1, -0.05) is 0 Å². The van der Waals surface area contributed by atoms with Crippen molar-refractivity contribution in [2.24, 2.45) is 5.73 Å². The first kappa shape index (κ1) is 16.0. The average molecular weight is 353 g/mol. The van der Waals surface area contributed by atoms with Gasteiger partial charge in [-0.3, -0.25) is 0 Å². The largest absolute Gasteiger partial charge is 0.454 e. The smallest absolute Gasteiger partial charge is 0.434 e. The standard InChI is InChI=1S/C9H7BrF6N2O/c10-5-1-4(2-17)6(18-3-5)19-7(8(11,12)13)9(14,15)16/h1,3,7H,2,17H2. The Balaban J connectivity index is 3.11. The Morgan fingerprint density at radius 1 is 1.21 bits per heavy atom. The van der Waals surface area contributed by atoms with Crippen molar-refractivity contribution in [3.05, 3.63) is 22.3 Å². The van der Waals surface area contributed by atoms with Gasteiger partial charge in [0.2, 0.25) is 5.88 Å². The summed E-state index contributed by atoms with van der Waals surface area (Å²) in [6.07, 6.45) is -14.1. The van der Waals surface area contributed by atoms with E-state index in [-0.39, 0.29) is 12.1 Å². The van der Waals surface area contributed by atoms with Gasteiger partial charge in [-0.15, -0.1) is 0 Å². The first-order chi connectivity index (χ1) is 8.55. The van der Waals surface area contributed by atoms with Gasteiger partial charge in [0, 0.05) is 22.8 Å². The Labute approximate surface area is 111 Å². The minimum atomic E-state index is -5.60. The van der Waals surface area contributed by atoms with Crippen molar-refractivity contribution >= 4 is 15.9 Å². The molecule has 0 aliphatic heterocycles. The second-order valence-corrected chi connectivity index (χ2v) is 4.32. The highest BCUT2D eigenvalue weighted by Crippen LogP contribution is 2.36. The molecular weight excluding hydrogens is 346 g/mol. The molecule has 0 fully saturated rings. The van der Waals surface area contributed by atoms with Crippen LogP contribution in [0.1, 0.15) is 5.56 Å². The molecule has 10 heteroatoms. The molecule has 3 nitrogen and oxygen atoms in total. The molecule has 0 spiro atoms. The summed E-state index contributed by atoms with van der Waals surface area (Å²) in [7, 11) is 0. The zero-order valence-electron chi connectivity index (χ0n) is 9.02. The van der Waals surface area contributed by atoms with E-state index in [1.807, 2.05) is 0 Å². The summed E-state index contributed by atoms with van der Waals surface area (Å²) in [6.45, 7) is -0.315. The number of hydrogen-bond donors (Lipinski definition) is 1. The van der Waals surface area contributed by atoms with E-state index in [0.717, 1.165) is 6.20 Å². The van der Waals surface area contributed by atoms with Crippen molar-refractivity contribution in [3.63, 3.8) is 0 Å². The molecule has 0 saturated carbocycles. The van der Waals surface area contributed by atoms with E-state index in [0.29, 0.717) is 4.47 Å². The first-order valence-corrected chi connectivity index (χ1v) is 5.49. The maximum Gasteiger partial charge on any atom is 0.434 e. The summed E-state index contributed by atoms with van der Waals surface area (Å²) in [6, 6.07) is 1.23. The van der Waals surface area contributed by atoms with Crippen LogP contribution >= 0.6 is 15.9 Å². The Kier molecular flexibility index (Phi) is 4.67. The van der Waals surface area contributed by atoms with Crippen molar-refractivity contribution in [2.45, 2.75) is 25.0 Å².